The maximum Gasteiger partial charge on any atom is 0.254 e. The van der Waals surface area contributed by atoms with Gasteiger partial charge in [-0.25, -0.2) is 4.68 Å². The Morgan fingerprint density at radius 3 is 2.94 bits per heavy atom. The third kappa shape index (κ3) is 2.34. The molecule has 0 aliphatic carbocycles. The van der Waals surface area contributed by atoms with Crippen LogP contribution in [0.25, 0.3) is 5.69 Å². The second-order valence-corrected chi connectivity index (χ2v) is 3.35. The zero-order valence-corrected chi connectivity index (χ0v) is 9.13. The predicted molar refractivity (Wildman–Crippen MR) is 64.7 cm³/mol. The second-order valence-electron chi connectivity index (χ2n) is 3.35. The highest BCUT2D eigenvalue weighted by molar-refractivity contribution is 5.97. The van der Waals surface area contributed by atoms with E-state index in [0.717, 1.165) is 5.69 Å². The monoisotopic (exact) mass is 225 g/mol. The van der Waals surface area contributed by atoms with E-state index in [1.54, 1.807) is 35.3 Å². The molecule has 84 valence electrons. The molecule has 1 aromatic carbocycles. The number of benzene rings is 1. The van der Waals surface area contributed by atoms with Gasteiger partial charge in [0.1, 0.15) is 0 Å². The van der Waals surface area contributed by atoms with Crippen molar-refractivity contribution in [3.8, 4) is 18.0 Å². The molecule has 17 heavy (non-hydrogen) atoms. The van der Waals surface area contributed by atoms with Crippen molar-refractivity contribution in [2.75, 3.05) is 6.54 Å². The topological polar surface area (TPSA) is 46.9 Å². The summed E-state index contributed by atoms with van der Waals surface area (Å²) in [4.78, 5) is 11.9. The molecule has 4 nitrogen and oxygen atoms in total. The fourth-order valence-corrected chi connectivity index (χ4v) is 1.50. The summed E-state index contributed by atoms with van der Waals surface area (Å²) in [5, 5.41) is 6.74. The normalized spacial score (nSPS) is 9.59. The Balaban J connectivity index is 2.35. The maximum absolute atomic E-state index is 11.9. The minimum atomic E-state index is -0.200. The molecule has 0 aliphatic heterocycles. The van der Waals surface area contributed by atoms with E-state index in [9.17, 15) is 4.79 Å². The van der Waals surface area contributed by atoms with Gasteiger partial charge >= 0.3 is 0 Å². The number of amides is 1. The molecule has 4 heteroatoms. The average molecular weight is 225 g/mol. The zero-order valence-electron chi connectivity index (χ0n) is 9.13. The molecule has 0 bridgehead atoms. The first-order valence-corrected chi connectivity index (χ1v) is 5.13. The molecule has 0 aliphatic rings. The summed E-state index contributed by atoms with van der Waals surface area (Å²) in [5.41, 5.74) is 1.28. The SMILES string of the molecule is C#CCNC(=O)c1ccccc1-n1cccn1. The number of carbonyl (C=O) groups is 1. The van der Waals surface area contributed by atoms with Crippen molar-refractivity contribution in [3.63, 3.8) is 0 Å². The number of rotatable bonds is 3. The maximum atomic E-state index is 11.9. The van der Waals surface area contributed by atoms with Gasteiger partial charge in [0.2, 0.25) is 0 Å². The molecule has 0 saturated heterocycles. The number of nitrogens with one attached hydrogen (secondary N) is 1. The lowest BCUT2D eigenvalue weighted by Gasteiger charge is -2.08. The van der Waals surface area contributed by atoms with Crippen LogP contribution >= 0.6 is 0 Å². The molecular formula is C13H11N3O. The van der Waals surface area contributed by atoms with E-state index in [1.165, 1.54) is 0 Å². The molecule has 0 atom stereocenters. The summed E-state index contributed by atoms with van der Waals surface area (Å²) in [6.45, 7) is 0.215. The number of para-hydroxylation sites is 1. The Hall–Kier alpha value is -2.54. The van der Waals surface area contributed by atoms with Crippen LogP contribution in [0.15, 0.2) is 42.7 Å². The first-order valence-electron chi connectivity index (χ1n) is 5.13. The number of aromatic nitrogens is 2. The average Bonchev–Trinajstić information content (AvgIpc) is 2.89. The van der Waals surface area contributed by atoms with Crippen LogP contribution in [-0.4, -0.2) is 22.2 Å². The largest absolute Gasteiger partial charge is 0.341 e. The highest BCUT2D eigenvalue weighted by Crippen LogP contribution is 2.12. The van der Waals surface area contributed by atoms with Gasteiger partial charge in [-0.2, -0.15) is 5.10 Å². The second kappa shape index (κ2) is 4.99. The number of hydrogen-bond donors (Lipinski definition) is 1. The van der Waals surface area contributed by atoms with Crippen LogP contribution in [0.2, 0.25) is 0 Å². The highest BCUT2D eigenvalue weighted by Gasteiger charge is 2.11. The summed E-state index contributed by atoms with van der Waals surface area (Å²) in [6, 6.07) is 9.03. The molecule has 2 rings (SSSR count). The summed E-state index contributed by atoms with van der Waals surface area (Å²) in [7, 11) is 0. The molecule has 0 saturated carbocycles. The lowest BCUT2D eigenvalue weighted by atomic mass is 10.1. The zero-order chi connectivity index (χ0) is 12.1. The van der Waals surface area contributed by atoms with Gasteiger partial charge in [-0.1, -0.05) is 18.1 Å². The van der Waals surface area contributed by atoms with Crippen molar-refractivity contribution in [2.45, 2.75) is 0 Å². The Labute approximate surface area is 99.3 Å². The molecule has 2 aromatic rings. The van der Waals surface area contributed by atoms with E-state index in [0.29, 0.717) is 5.56 Å². The third-order valence-corrected chi connectivity index (χ3v) is 2.25. The highest BCUT2D eigenvalue weighted by atomic mass is 16.1. The summed E-state index contributed by atoms with van der Waals surface area (Å²) in [6.07, 6.45) is 8.55. The van der Waals surface area contributed by atoms with Gasteiger partial charge in [-0.15, -0.1) is 6.42 Å². The fourth-order valence-electron chi connectivity index (χ4n) is 1.50. The van der Waals surface area contributed by atoms with Gasteiger partial charge in [0.15, 0.2) is 0 Å². The van der Waals surface area contributed by atoms with E-state index in [2.05, 4.69) is 16.3 Å². The first-order chi connectivity index (χ1) is 8.33. The van der Waals surface area contributed by atoms with E-state index in [-0.39, 0.29) is 12.5 Å². The van der Waals surface area contributed by atoms with Crippen LogP contribution in [0.5, 0.6) is 0 Å². The molecular weight excluding hydrogens is 214 g/mol. The Bertz CT molecular complexity index is 552. The molecule has 1 heterocycles. The minimum absolute atomic E-state index is 0.200. The van der Waals surface area contributed by atoms with Crippen molar-refractivity contribution >= 4 is 5.91 Å². The van der Waals surface area contributed by atoms with Crippen LogP contribution in [0.4, 0.5) is 0 Å². The van der Waals surface area contributed by atoms with Crippen LogP contribution in [0.3, 0.4) is 0 Å². The molecule has 1 aromatic heterocycles. The Kier molecular flexibility index (Phi) is 3.22. The van der Waals surface area contributed by atoms with Gasteiger partial charge in [0.05, 0.1) is 17.8 Å². The van der Waals surface area contributed by atoms with Crippen molar-refractivity contribution in [1.82, 2.24) is 15.1 Å². The number of hydrogen-bond acceptors (Lipinski definition) is 2. The van der Waals surface area contributed by atoms with Gasteiger partial charge in [-0.3, -0.25) is 4.79 Å². The third-order valence-electron chi connectivity index (χ3n) is 2.25. The Morgan fingerprint density at radius 1 is 1.41 bits per heavy atom. The van der Waals surface area contributed by atoms with Crippen LogP contribution in [-0.2, 0) is 0 Å². The minimum Gasteiger partial charge on any atom is -0.341 e. The molecule has 0 unspecified atom stereocenters. The molecule has 1 amide bonds. The Morgan fingerprint density at radius 2 is 2.24 bits per heavy atom. The summed E-state index contributed by atoms with van der Waals surface area (Å²) < 4.78 is 1.64. The number of terminal acetylenes is 1. The van der Waals surface area contributed by atoms with Crippen LogP contribution in [0.1, 0.15) is 10.4 Å². The van der Waals surface area contributed by atoms with Gasteiger partial charge in [0, 0.05) is 12.4 Å². The van der Waals surface area contributed by atoms with Crippen molar-refractivity contribution < 1.29 is 4.79 Å². The van der Waals surface area contributed by atoms with Crippen molar-refractivity contribution in [2.24, 2.45) is 0 Å². The van der Waals surface area contributed by atoms with E-state index >= 15 is 0 Å². The van der Waals surface area contributed by atoms with Crippen molar-refractivity contribution in [3.05, 3.63) is 48.3 Å². The smallest absolute Gasteiger partial charge is 0.254 e. The molecule has 0 fully saturated rings. The fraction of sp³-hybridized carbons (Fsp3) is 0.0769. The molecule has 1 N–H and O–H groups in total. The lowest BCUT2D eigenvalue weighted by molar-refractivity contribution is 0.0958. The van der Waals surface area contributed by atoms with E-state index in [1.807, 2.05) is 12.1 Å². The standard InChI is InChI=1S/C13H11N3O/c1-2-8-14-13(17)11-6-3-4-7-12(11)16-10-5-9-15-16/h1,3-7,9-10H,8H2,(H,14,17). The molecule has 0 radical (unpaired) electrons. The summed E-state index contributed by atoms with van der Waals surface area (Å²) in [5.74, 6) is 2.17. The van der Waals surface area contributed by atoms with Crippen molar-refractivity contribution in [1.29, 1.82) is 0 Å². The predicted octanol–water partition coefficient (Wildman–Crippen LogP) is 1.24. The quantitative estimate of drug-likeness (QED) is 0.799. The number of carbonyl (C=O) groups excluding carboxylic acids is 1. The van der Waals surface area contributed by atoms with Gasteiger partial charge < -0.3 is 5.32 Å². The first kappa shape index (κ1) is 11.0. The van der Waals surface area contributed by atoms with E-state index in [4.69, 9.17) is 6.42 Å². The van der Waals surface area contributed by atoms with Gasteiger partial charge in [0.25, 0.3) is 5.91 Å². The number of nitrogens with zero attached hydrogens (tertiary/aromatic N) is 2. The lowest BCUT2D eigenvalue weighted by Crippen LogP contribution is -2.24. The van der Waals surface area contributed by atoms with Crippen LogP contribution < -0.4 is 5.32 Å². The van der Waals surface area contributed by atoms with Crippen LogP contribution in [0, 0.1) is 12.3 Å². The molecule has 0 spiro atoms. The van der Waals surface area contributed by atoms with Gasteiger partial charge in [-0.05, 0) is 18.2 Å². The summed E-state index contributed by atoms with van der Waals surface area (Å²) >= 11 is 0. The van der Waals surface area contributed by atoms with E-state index < -0.39 is 0 Å².